The number of hydrogen-bond donors (Lipinski definition) is 0. The molecule has 0 saturated carbocycles. The van der Waals surface area contributed by atoms with Crippen molar-refractivity contribution >= 4 is 17.9 Å². The molecule has 0 aromatic carbocycles. The van der Waals surface area contributed by atoms with Gasteiger partial charge in [-0.2, -0.15) is 0 Å². The summed E-state index contributed by atoms with van der Waals surface area (Å²) < 4.78 is 0. The van der Waals surface area contributed by atoms with Crippen molar-refractivity contribution < 1.29 is 0 Å². The van der Waals surface area contributed by atoms with Gasteiger partial charge in [-0.25, -0.2) is 4.99 Å². The first kappa shape index (κ1) is 24.8. The SMILES string of the molecule is CN(C)C(=NCC(CN=C(N(C)C)N(C)C)N=C(N(C)C)N(C)C)N(C)C. The summed E-state index contributed by atoms with van der Waals surface area (Å²) in [6.07, 6.45) is 0. The highest BCUT2D eigenvalue weighted by molar-refractivity contribution is 5.81. The summed E-state index contributed by atoms with van der Waals surface area (Å²) in [5.41, 5.74) is 0. The number of guanidine groups is 3. The van der Waals surface area contributed by atoms with Crippen LogP contribution in [0.15, 0.2) is 15.0 Å². The molecule has 27 heavy (non-hydrogen) atoms. The third-order valence-corrected chi connectivity index (χ3v) is 3.58. The van der Waals surface area contributed by atoms with Crippen molar-refractivity contribution in [2.24, 2.45) is 15.0 Å². The second-order valence-corrected chi connectivity index (χ2v) is 7.73. The van der Waals surface area contributed by atoms with Gasteiger partial charge in [-0.1, -0.05) is 0 Å². The zero-order valence-corrected chi connectivity index (χ0v) is 19.5. The second kappa shape index (κ2) is 11.5. The van der Waals surface area contributed by atoms with Gasteiger partial charge < -0.3 is 29.4 Å². The molecule has 9 heteroatoms. The van der Waals surface area contributed by atoms with E-state index in [1.807, 2.05) is 114 Å². The van der Waals surface area contributed by atoms with Crippen LogP contribution >= 0.6 is 0 Å². The van der Waals surface area contributed by atoms with Crippen LogP contribution in [0.5, 0.6) is 0 Å². The van der Waals surface area contributed by atoms with Crippen molar-refractivity contribution in [2.75, 3.05) is 97.7 Å². The van der Waals surface area contributed by atoms with Gasteiger partial charge in [0, 0.05) is 84.6 Å². The molecule has 0 saturated heterocycles. The molecule has 0 N–H and O–H groups in total. The van der Waals surface area contributed by atoms with E-state index in [9.17, 15) is 0 Å². The molecule has 0 bridgehead atoms. The summed E-state index contributed by atoms with van der Waals surface area (Å²) in [6.45, 7) is 1.13. The Hall–Kier alpha value is -2.19. The minimum atomic E-state index is -0.0606. The number of hydrogen-bond acceptors (Lipinski definition) is 3. The van der Waals surface area contributed by atoms with Gasteiger partial charge in [0.05, 0.1) is 19.1 Å². The highest BCUT2D eigenvalue weighted by Gasteiger charge is 2.14. The molecule has 158 valence electrons. The third-order valence-electron chi connectivity index (χ3n) is 3.58. The Morgan fingerprint density at radius 1 is 0.481 bits per heavy atom. The van der Waals surface area contributed by atoms with Gasteiger partial charge >= 0.3 is 0 Å². The van der Waals surface area contributed by atoms with Gasteiger partial charge in [-0.05, 0) is 0 Å². The molecule has 0 rings (SSSR count). The molecular weight excluding hydrogens is 342 g/mol. The lowest BCUT2D eigenvalue weighted by Gasteiger charge is -2.26. The average Bonchev–Trinajstić information content (AvgIpc) is 2.49. The predicted octanol–water partition coefficient (Wildman–Crippen LogP) is -0.207. The van der Waals surface area contributed by atoms with Crippen molar-refractivity contribution in [3.05, 3.63) is 0 Å². The molecule has 0 aromatic rings. The molecule has 0 aliphatic rings. The van der Waals surface area contributed by atoms with E-state index in [4.69, 9.17) is 15.0 Å². The van der Waals surface area contributed by atoms with Gasteiger partial charge in [-0.15, -0.1) is 0 Å². The summed E-state index contributed by atoms with van der Waals surface area (Å²) in [6, 6.07) is -0.0606. The first-order chi connectivity index (χ1) is 12.4. The number of rotatable bonds is 5. The van der Waals surface area contributed by atoms with Crippen LogP contribution in [0.3, 0.4) is 0 Å². The van der Waals surface area contributed by atoms with Crippen LogP contribution in [0.25, 0.3) is 0 Å². The minimum absolute atomic E-state index is 0.0606. The van der Waals surface area contributed by atoms with E-state index in [-0.39, 0.29) is 6.04 Å². The second-order valence-electron chi connectivity index (χ2n) is 7.73. The molecule has 0 fully saturated rings. The minimum Gasteiger partial charge on any atom is -0.349 e. The molecular formula is C18H41N9. The monoisotopic (exact) mass is 383 g/mol. The summed E-state index contributed by atoms with van der Waals surface area (Å²) >= 11 is 0. The van der Waals surface area contributed by atoms with Gasteiger partial charge in [0.25, 0.3) is 0 Å². The van der Waals surface area contributed by atoms with Gasteiger partial charge in [-0.3, -0.25) is 9.98 Å². The lowest BCUT2D eigenvalue weighted by molar-refractivity contribution is 0.460. The van der Waals surface area contributed by atoms with Crippen LogP contribution in [-0.2, 0) is 0 Å². The summed E-state index contributed by atoms with van der Waals surface area (Å²) in [7, 11) is 24.0. The van der Waals surface area contributed by atoms with Crippen LogP contribution < -0.4 is 0 Å². The maximum Gasteiger partial charge on any atom is 0.195 e. The molecule has 0 spiro atoms. The van der Waals surface area contributed by atoms with E-state index >= 15 is 0 Å². The molecule has 0 radical (unpaired) electrons. The van der Waals surface area contributed by atoms with Crippen molar-refractivity contribution in [3.63, 3.8) is 0 Å². The normalized spacial score (nSPS) is 10.1. The van der Waals surface area contributed by atoms with Crippen LogP contribution in [0.1, 0.15) is 0 Å². The van der Waals surface area contributed by atoms with Crippen LogP contribution in [0.2, 0.25) is 0 Å². The Morgan fingerprint density at radius 3 is 0.963 bits per heavy atom. The molecule has 0 aliphatic heterocycles. The van der Waals surface area contributed by atoms with Crippen molar-refractivity contribution in [1.29, 1.82) is 0 Å². The zero-order valence-electron chi connectivity index (χ0n) is 19.5. The quantitative estimate of drug-likeness (QED) is 0.484. The highest BCUT2D eigenvalue weighted by Crippen LogP contribution is 2.02. The van der Waals surface area contributed by atoms with Gasteiger partial charge in [0.1, 0.15) is 0 Å². The van der Waals surface area contributed by atoms with Gasteiger partial charge in [0.15, 0.2) is 17.9 Å². The highest BCUT2D eigenvalue weighted by atomic mass is 15.4. The van der Waals surface area contributed by atoms with E-state index in [1.165, 1.54) is 0 Å². The lowest BCUT2D eigenvalue weighted by atomic mass is 10.3. The maximum atomic E-state index is 4.94. The van der Waals surface area contributed by atoms with E-state index < -0.39 is 0 Å². The third kappa shape index (κ3) is 8.83. The van der Waals surface area contributed by atoms with E-state index in [2.05, 4.69) is 0 Å². The molecule has 0 aromatic heterocycles. The fraction of sp³-hybridized carbons (Fsp3) is 0.833. The van der Waals surface area contributed by atoms with Crippen molar-refractivity contribution in [1.82, 2.24) is 29.4 Å². The fourth-order valence-corrected chi connectivity index (χ4v) is 2.67. The van der Waals surface area contributed by atoms with Crippen LogP contribution in [0, 0.1) is 0 Å². The molecule has 0 atom stereocenters. The lowest BCUT2D eigenvalue weighted by Crippen LogP contribution is -2.39. The maximum absolute atomic E-state index is 4.94. The summed E-state index contributed by atoms with van der Waals surface area (Å²) in [5.74, 6) is 2.73. The number of nitrogens with zero attached hydrogens (tertiary/aromatic N) is 9. The molecule has 9 nitrogen and oxygen atoms in total. The molecule has 0 amide bonds. The van der Waals surface area contributed by atoms with E-state index in [0.29, 0.717) is 13.1 Å². The fourth-order valence-electron chi connectivity index (χ4n) is 2.67. The van der Waals surface area contributed by atoms with E-state index in [0.717, 1.165) is 17.9 Å². The summed E-state index contributed by atoms with van der Waals surface area (Å²) in [4.78, 5) is 26.6. The zero-order chi connectivity index (χ0) is 21.3. The summed E-state index contributed by atoms with van der Waals surface area (Å²) in [5, 5.41) is 0. The Kier molecular flexibility index (Phi) is 10.6. The van der Waals surface area contributed by atoms with Gasteiger partial charge in [0.2, 0.25) is 0 Å². The molecule has 0 aliphatic carbocycles. The topological polar surface area (TPSA) is 56.5 Å². The Balaban J connectivity index is 5.79. The molecule has 0 unspecified atom stereocenters. The van der Waals surface area contributed by atoms with Crippen molar-refractivity contribution in [3.8, 4) is 0 Å². The van der Waals surface area contributed by atoms with Crippen LogP contribution in [0.4, 0.5) is 0 Å². The number of aliphatic imine (C=N–C) groups is 3. The first-order valence-corrected chi connectivity index (χ1v) is 9.09. The predicted molar refractivity (Wildman–Crippen MR) is 118 cm³/mol. The smallest absolute Gasteiger partial charge is 0.195 e. The average molecular weight is 384 g/mol. The van der Waals surface area contributed by atoms with Crippen LogP contribution in [-0.4, -0.2) is 151 Å². The Morgan fingerprint density at radius 2 is 0.741 bits per heavy atom. The standard InChI is InChI=1S/C18H41N9/c1-22(2)16(23(3)4)19-13-15(21-18(26(9)10)27(11)12)14-20-17(24(5)6)25(7)8/h15H,13-14H2,1-12H3. The largest absolute Gasteiger partial charge is 0.349 e. The molecule has 0 heterocycles. The van der Waals surface area contributed by atoms with E-state index in [1.54, 1.807) is 0 Å². The van der Waals surface area contributed by atoms with Crippen molar-refractivity contribution in [2.45, 2.75) is 6.04 Å². The first-order valence-electron chi connectivity index (χ1n) is 9.09. The Labute approximate surface area is 166 Å². The Bertz CT molecular complexity index is 455.